The largest absolute Gasteiger partial charge is 0.495 e. The zero-order valence-corrected chi connectivity index (χ0v) is 13.3. The molecule has 0 spiro atoms. The summed E-state index contributed by atoms with van der Waals surface area (Å²) in [6, 6.07) is 10.1. The fourth-order valence-electron chi connectivity index (χ4n) is 2.36. The van der Waals surface area contributed by atoms with Crippen molar-refractivity contribution in [1.29, 1.82) is 0 Å². The van der Waals surface area contributed by atoms with Gasteiger partial charge in [-0.05, 0) is 31.7 Å². The lowest BCUT2D eigenvalue weighted by atomic mass is 10.2. The summed E-state index contributed by atoms with van der Waals surface area (Å²) < 4.78 is 11.3. The molecule has 0 saturated carbocycles. The molecule has 1 N–H and O–H groups in total. The topological polar surface area (TPSA) is 37.6 Å². The Morgan fingerprint density at radius 3 is 2.76 bits per heavy atom. The first-order valence-corrected chi connectivity index (χ1v) is 7.28. The SMILES string of the molecule is CCNCc1cc(CN(C)c2ccccc2OC)oc1C. The predicted molar refractivity (Wildman–Crippen MR) is 85.9 cm³/mol. The summed E-state index contributed by atoms with van der Waals surface area (Å²) in [5, 5.41) is 3.33. The monoisotopic (exact) mass is 288 g/mol. The number of para-hydroxylation sites is 2. The first kappa shape index (κ1) is 15.4. The van der Waals surface area contributed by atoms with Crippen LogP contribution >= 0.6 is 0 Å². The van der Waals surface area contributed by atoms with E-state index in [1.807, 2.05) is 38.2 Å². The zero-order chi connectivity index (χ0) is 15.2. The molecule has 114 valence electrons. The minimum absolute atomic E-state index is 0.716. The van der Waals surface area contributed by atoms with Crippen LogP contribution in [0.1, 0.15) is 24.0 Å². The van der Waals surface area contributed by atoms with Gasteiger partial charge in [-0.2, -0.15) is 0 Å². The van der Waals surface area contributed by atoms with Crippen LogP contribution in [0.4, 0.5) is 5.69 Å². The van der Waals surface area contributed by atoms with Crippen LogP contribution in [0.25, 0.3) is 0 Å². The van der Waals surface area contributed by atoms with Gasteiger partial charge >= 0.3 is 0 Å². The molecule has 21 heavy (non-hydrogen) atoms. The van der Waals surface area contributed by atoms with E-state index in [0.29, 0.717) is 6.54 Å². The molecular formula is C17H24N2O2. The summed E-state index contributed by atoms with van der Waals surface area (Å²) in [7, 11) is 3.73. The summed E-state index contributed by atoms with van der Waals surface area (Å²) >= 11 is 0. The molecule has 4 heteroatoms. The fourth-order valence-corrected chi connectivity index (χ4v) is 2.36. The molecule has 0 aliphatic carbocycles. The lowest BCUT2D eigenvalue weighted by Crippen LogP contribution is -2.16. The highest BCUT2D eigenvalue weighted by molar-refractivity contribution is 5.57. The van der Waals surface area contributed by atoms with Gasteiger partial charge in [0.1, 0.15) is 17.3 Å². The minimum atomic E-state index is 0.716. The van der Waals surface area contributed by atoms with Gasteiger partial charge in [0.15, 0.2) is 0 Å². The normalized spacial score (nSPS) is 10.7. The molecule has 0 amide bonds. The van der Waals surface area contributed by atoms with E-state index in [1.54, 1.807) is 7.11 Å². The Morgan fingerprint density at radius 2 is 2.05 bits per heavy atom. The molecule has 2 aromatic rings. The number of nitrogens with zero attached hydrogens (tertiary/aromatic N) is 1. The van der Waals surface area contributed by atoms with E-state index in [-0.39, 0.29) is 0 Å². The van der Waals surface area contributed by atoms with Gasteiger partial charge in [-0.25, -0.2) is 0 Å². The number of anilines is 1. The van der Waals surface area contributed by atoms with Crippen molar-refractivity contribution in [1.82, 2.24) is 5.32 Å². The van der Waals surface area contributed by atoms with E-state index in [0.717, 1.165) is 36.0 Å². The van der Waals surface area contributed by atoms with Crippen molar-refractivity contribution in [3.05, 3.63) is 47.4 Å². The fraction of sp³-hybridized carbons (Fsp3) is 0.412. The molecule has 2 rings (SSSR count). The minimum Gasteiger partial charge on any atom is -0.495 e. The van der Waals surface area contributed by atoms with Crippen LogP contribution in [0.15, 0.2) is 34.7 Å². The van der Waals surface area contributed by atoms with E-state index in [4.69, 9.17) is 9.15 Å². The quantitative estimate of drug-likeness (QED) is 0.848. The van der Waals surface area contributed by atoms with Crippen molar-refractivity contribution in [2.24, 2.45) is 0 Å². The number of benzene rings is 1. The van der Waals surface area contributed by atoms with E-state index >= 15 is 0 Å². The second-order valence-electron chi connectivity index (χ2n) is 5.10. The van der Waals surface area contributed by atoms with Gasteiger partial charge in [0.25, 0.3) is 0 Å². The van der Waals surface area contributed by atoms with Gasteiger partial charge in [-0.15, -0.1) is 0 Å². The standard InChI is InChI=1S/C17H24N2O2/c1-5-18-11-14-10-15(21-13(14)2)12-19(3)16-8-6-7-9-17(16)20-4/h6-10,18H,5,11-12H2,1-4H3. The molecule has 0 unspecified atom stereocenters. The van der Waals surface area contributed by atoms with E-state index in [9.17, 15) is 0 Å². The first-order chi connectivity index (χ1) is 10.2. The lowest BCUT2D eigenvalue weighted by molar-refractivity contribution is 0.413. The number of rotatable bonds is 7. The van der Waals surface area contributed by atoms with Crippen molar-refractivity contribution in [2.45, 2.75) is 26.9 Å². The molecule has 0 aliphatic rings. The summed E-state index contributed by atoms with van der Waals surface area (Å²) in [5.41, 5.74) is 2.28. The average molecular weight is 288 g/mol. The second-order valence-corrected chi connectivity index (χ2v) is 5.10. The number of hydrogen-bond donors (Lipinski definition) is 1. The lowest BCUT2D eigenvalue weighted by Gasteiger charge is -2.20. The Labute approximate surface area is 126 Å². The van der Waals surface area contributed by atoms with Crippen LogP contribution in [0.2, 0.25) is 0 Å². The summed E-state index contributed by atoms with van der Waals surface area (Å²) in [6.07, 6.45) is 0. The van der Waals surface area contributed by atoms with Crippen molar-refractivity contribution in [2.75, 3.05) is 25.6 Å². The van der Waals surface area contributed by atoms with Crippen molar-refractivity contribution in [3.63, 3.8) is 0 Å². The Balaban J connectivity index is 2.10. The van der Waals surface area contributed by atoms with Crippen LogP contribution in [0.5, 0.6) is 5.75 Å². The number of methoxy groups -OCH3 is 1. The molecule has 0 bridgehead atoms. The van der Waals surface area contributed by atoms with Gasteiger partial charge in [0, 0.05) is 19.2 Å². The summed E-state index contributed by atoms with van der Waals surface area (Å²) in [6.45, 7) is 6.64. The van der Waals surface area contributed by atoms with E-state index in [1.165, 1.54) is 5.56 Å². The third-order valence-electron chi connectivity index (χ3n) is 3.53. The van der Waals surface area contributed by atoms with Crippen LogP contribution in [-0.2, 0) is 13.1 Å². The molecule has 0 fully saturated rings. The predicted octanol–water partition coefficient (Wildman–Crippen LogP) is 3.34. The van der Waals surface area contributed by atoms with Gasteiger partial charge in [0.2, 0.25) is 0 Å². The third-order valence-corrected chi connectivity index (χ3v) is 3.53. The highest BCUT2D eigenvalue weighted by Gasteiger charge is 2.12. The highest BCUT2D eigenvalue weighted by Crippen LogP contribution is 2.28. The third kappa shape index (κ3) is 3.79. The molecule has 1 aromatic carbocycles. The first-order valence-electron chi connectivity index (χ1n) is 7.28. The Bertz CT molecular complexity index is 578. The van der Waals surface area contributed by atoms with E-state index in [2.05, 4.69) is 23.2 Å². The maximum atomic E-state index is 5.85. The zero-order valence-electron chi connectivity index (χ0n) is 13.3. The molecule has 0 atom stereocenters. The molecule has 4 nitrogen and oxygen atoms in total. The van der Waals surface area contributed by atoms with Gasteiger partial charge in [-0.3, -0.25) is 0 Å². The number of nitrogens with one attached hydrogen (secondary N) is 1. The molecule has 0 aliphatic heterocycles. The molecule has 0 saturated heterocycles. The van der Waals surface area contributed by atoms with Gasteiger partial charge in [-0.1, -0.05) is 19.1 Å². The second kappa shape index (κ2) is 7.18. The summed E-state index contributed by atoms with van der Waals surface area (Å²) in [5.74, 6) is 2.82. The average Bonchev–Trinajstić information content (AvgIpc) is 2.84. The molecule has 1 heterocycles. The van der Waals surface area contributed by atoms with Crippen LogP contribution < -0.4 is 15.0 Å². The van der Waals surface area contributed by atoms with Crippen LogP contribution in [-0.4, -0.2) is 20.7 Å². The summed E-state index contributed by atoms with van der Waals surface area (Å²) in [4.78, 5) is 2.13. The van der Waals surface area contributed by atoms with Gasteiger partial charge in [0.05, 0.1) is 19.3 Å². The maximum absolute atomic E-state index is 5.85. The number of ether oxygens (including phenoxy) is 1. The smallest absolute Gasteiger partial charge is 0.142 e. The van der Waals surface area contributed by atoms with E-state index < -0.39 is 0 Å². The van der Waals surface area contributed by atoms with Gasteiger partial charge < -0.3 is 19.4 Å². The maximum Gasteiger partial charge on any atom is 0.142 e. The van der Waals surface area contributed by atoms with Crippen molar-refractivity contribution < 1.29 is 9.15 Å². The number of aryl methyl sites for hydroxylation is 1. The Hall–Kier alpha value is -1.94. The molecular weight excluding hydrogens is 264 g/mol. The molecule has 1 aromatic heterocycles. The Kier molecular flexibility index (Phi) is 5.28. The highest BCUT2D eigenvalue weighted by atomic mass is 16.5. The molecule has 0 radical (unpaired) electrons. The number of furan rings is 1. The van der Waals surface area contributed by atoms with Crippen molar-refractivity contribution in [3.8, 4) is 5.75 Å². The van der Waals surface area contributed by atoms with Crippen LogP contribution in [0.3, 0.4) is 0 Å². The Morgan fingerprint density at radius 1 is 1.29 bits per heavy atom. The van der Waals surface area contributed by atoms with Crippen LogP contribution in [0, 0.1) is 6.92 Å². The number of hydrogen-bond acceptors (Lipinski definition) is 4. The van der Waals surface area contributed by atoms with Crippen molar-refractivity contribution >= 4 is 5.69 Å².